The third-order valence-corrected chi connectivity index (χ3v) is 2.57. The summed E-state index contributed by atoms with van der Waals surface area (Å²) >= 11 is 0. The summed E-state index contributed by atoms with van der Waals surface area (Å²) < 4.78 is 26.9. The van der Waals surface area contributed by atoms with Crippen LogP contribution in [0, 0.1) is 0 Å². The van der Waals surface area contributed by atoms with Crippen molar-refractivity contribution in [3.63, 3.8) is 0 Å². The second-order valence-corrected chi connectivity index (χ2v) is 5.88. The van der Waals surface area contributed by atoms with Gasteiger partial charge in [-0.25, -0.2) is 13.2 Å². The van der Waals surface area contributed by atoms with Gasteiger partial charge in [-0.3, -0.25) is 4.90 Å². The third kappa shape index (κ3) is 3.02. The van der Waals surface area contributed by atoms with Crippen molar-refractivity contribution in [1.82, 2.24) is 4.90 Å². The number of nitrogens with zero attached hydrogens (tertiary/aromatic N) is 1. The minimum atomic E-state index is -3.25. The molecule has 0 fully saturated rings. The van der Waals surface area contributed by atoms with Crippen molar-refractivity contribution in [2.45, 2.75) is 26.4 Å². The molecule has 0 aromatic carbocycles. The molecule has 0 aromatic rings. The van der Waals surface area contributed by atoms with Crippen LogP contribution in [0.25, 0.3) is 0 Å². The first-order chi connectivity index (χ1) is 6.20. The first-order valence-corrected chi connectivity index (χ1v) is 5.82. The number of rotatable bonds is 0. The molecule has 0 bridgehead atoms. The van der Waals surface area contributed by atoms with Crippen LogP contribution < -0.4 is 0 Å². The van der Waals surface area contributed by atoms with Crippen molar-refractivity contribution in [2.24, 2.45) is 0 Å². The Kier molecular flexibility index (Phi) is 2.58. The highest BCUT2D eigenvalue weighted by Crippen LogP contribution is 2.14. The summed E-state index contributed by atoms with van der Waals surface area (Å²) in [4.78, 5) is 12.4. The number of hydrogen-bond donors (Lipinski definition) is 0. The number of ether oxygens (including phenoxy) is 1. The van der Waals surface area contributed by atoms with E-state index in [0.29, 0.717) is 0 Å². The fourth-order valence-corrected chi connectivity index (χ4v) is 1.88. The van der Waals surface area contributed by atoms with Crippen LogP contribution in [0.1, 0.15) is 20.8 Å². The zero-order valence-electron chi connectivity index (χ0n) is 8.35. The molecule has 0 saturated carbocycles. The summed E-state index contributed by atoms with van der Waals surface area (Å²) in [6.45, 7) is 5.16. The highest BCUT2D eigenvalue weighted by atomic mass is 32.2. The van der Waals surface area contributed by atoms with Crippen LogP contribution in [-0.4, -0.2) is 30.9 Å². The molecule has 80 valence electrons. The largest absolute Gasteiger partial charge is 0.443 e. The molecule has 1 rings (SSSR count). The lowest BCUT2D eigenvalue weighted by atomic mass is 10.2. The molecular formula is C8H13NO4S. The molecule has 0 radical (unpaired) electrons. The molecule has 0 N–H and O–H groups in total. The Labute approximate surface area is 83.3 Å². The standard InChI is InChI=1S/C8H13NO4S/c1-8(2,3)13-7(10)9-4-5-14(11,12)6-9/h4-5H,6H2,1-3H3. The summed E-state index contributed by atoms with van der Waals surface area (Å²) in [7, 11) is -3.25. The Morgan fingerprint density at radius 2 is 2.00 bits per heavy atom. The van der Waals surface area contributed by atoms with E-state index in [9.17, 15) is 13.2 Å². The van der Waals surface area contributed by atoms with Gasteiger partial charge < -0.3 is 4.74 Å². The molecule has 1 aliphatic heterocycles. The van der Waals surface area contributed by atoms with Gasteiger partial charge in [0.1, 0.15) is 11.5 Å². The number of carbonyl (C=O) groups excluding carboxylic acids is 1. The summed E-state index contributed by atoms with van der Waals surface area (Å²) in [6, 6.07) is 0. The zero-order valence-corrected chi connectivity index (χ0v) is 9.17. The summed E-state index contributed by atoms with van der Waals surface area (Å²) in [5.74, 6) is -0.331. The van der Waals surface area contributed by atoms with Crippen molar-refractivity contribution in [3.05, 3.63) is 11.6 Å². The van der Waals surface area contributed by atoms with Gasteiger partial charge in [-0.05, 0) is 20.8 Å². The quantitative estimate of drug-likeness (QED) is 0.611. The number of hydrogen-bond acceptors (Lipinski definition) is 4. The molecule has 14 heavy (non-hydrogen) atoms. The van der Waals surface area contributed by atoms with Crippen LogP contribution in [0.5, 0.6) is 0 Å². The van der Waals surface area contributed by atoms with Crippen LogP contribution in [0.2, 0.25) is 0 Å². The number of amides is 1. The van der Waals surface area contributed by atoms with Crippen LogP contribution >= 0.6 is 0 Å². The van der Waals surface area contributed by atoms with Gasteiger partial charge in [0.05, 0.1) is 0 Å². The van der Waals surface area contributed by atoms with E-state index in [4.69, 9.17) is 4.74 Å². The molecule has 1 aliphatic rings. The van der Waals surface area contributed by atoms with Gasteiger partial charge in [-0.2, -0.15) is 0 Å². The second-order valence-electron chi connectivity index (χ2n) is 4.03. The van der Waals surface area contributed by atoms with Crippen molar-refractivity contribution in [1.29, 1.82) is 0 Å². The zero-order chi connectivity index (χ0) is 11.0. The van der Waals surface area contributed by atoms with Gasteiger partial charge in [0.2, 0.25) is 0 Å². The van der Waals surface area contributed by atoms with Gasteiger partial charge in [-0.1, -0.05) is 0 Å². The van der Waals surface area contributed by atoms with E-state index in [0.717, 1.165) is 10.3 Å². The van der Waals surface area contributed by atoms with E-state index in [1.165, 1.54) is 6.20 Å². The van der Waals surface area contributed by atoms with Crippen molar-refractivity contribution >= 4 is 15.9 Å². The normalized spacial score (nSPS) is 19.8. The van der Waals surface area contributed by atoms with Gasteiger partial charge >= 0.3 is 6.09 Å². The lowest BCUT2D eigenvalue weighted by Gasteiger charge is -2.22. The van der Waals surface area contributed by atoms with Crippen molar-refractivity contribution in [2.75, 3.05) is 5.88 Å². The third-order valence-electron chi connectivity index (χ3n) is 1.40. The average molecular weight is 219 g/mol. The predicted molar refractivity (Wildman–Crippen MR) is 51.0 cm³/mol. The Bertz CT molecular complexity index is 363. The van der Waals surface area contributed by atoms with Crippen LogP contribution in [-0.2, 0) is 14.6 Å². The number of sulfone groups is 1. The molecule has 1 heterocycles. The Balaban J connectivity index is 2.63. The van der Waals surface area contributed by atoms with Crippen molar-refractivity contribution < 1.29 is 17.9 Å². The molecule has 0 saturated heterocycles. The number of carbonyl (C=O) groups is 1. The van der Waals surface area contributed by atoms with E-state index in [1.54, 1.807) is 20.8 Å². The fraction of sp³-hybridized carbons (Fsp3) is 0.625. The molecule has 0 spiro atoms. The summed E-state index contributed by atoms with van der Waals surface area (Å²) in [6.07, 6.45) is 0.568. The first kappa shape index (κ1) is 11.0. The van der Waals surface area contributed by atoms with E-state index in [2.05, 4.69) is 0 Å². The van der Waals surface area contributed by atoms with Crippen LogP contribution in [0.4, 0.5) is 4.79 Å². The van der Waals surface area contributed by atoms with E-state index in [-0.39, 0.29) is 5.88 Å². The Morgan fingerprint density at radius 1 is 1.43 bits per heavy atom. The van der Waals surface area contributed by atoms with Gasteiger partial charge in [0, 0.05) is 11.6 Å². The lowest BCUT2D eigenvalue weighted by Crippen LogP contribution is -2.33. The maximum atomic E-state index is 11.3. The topological polar surface area (TPSA) is 63.7 Å². The van der Waals surface area contributed by atoms with E-state index < -0.39 is 21.5 Å². The average Bonchev–Trinajstić information content (AvgIpc) is 2.26. The van der Waals surface area contributed by atoms with Gasteiger partial charge in [0.15, 0.2) is 9.84 Å². The molecule has 0 aromatic heterocycles. The molecule has 6 heteroatoms. The molecular weight excluding hydrogens is 206 g/mol. The smallest absolute Gasteiger partial charge is 0.415 e. The fourth-order valence-electron chi connectivity index (χ4n) is 0.880. The van der Waals surface area contributed by atoms with Crippen LogP contribution in [0.3, 0.4) is 0 Å². The van der Waals surface area contributed by atoms with E-state index in [1.807, 2.05) is 0 Å². The second kappa shape index (κ2) is 3.27. The highest BCUT2D eigenvalue weighted by molar-refractivity contribution is 7.94. The van der Waals surface area contributed by atoms with Gasteiger partial charge in [0.25, 0.3) is 0 Å². The molecule has 0 atom stereocenters. The monoisotopic (exact) mass is 219 g/mol. The minimum absolute atomic E-state index is 0.331. The summed E-state index contributed by atoms with van der Waals surface area (Å²) in [5.41, 5.74) is -0.614. The molecule has 1 amide bonds. The van der Waals surface area contributed by atoms with Gasteiger partial charge in [-0.15, -0.1) is 0 Å². The maximum absolute atomic E-state index is 11.3. The SMILES string of the molecule is CC(C)(C)OC(=O)N1C=CS(=O)(=O)C1. The Morgan fingerprint density at radius 3 is 2.36 bits per heavy atom. The van der Waals surface area contributed by atoms with Crippen molar-refractivity contribution in [3.8, 4) is 0 Å². The highest BCUT2D eigenvalue weighted by Gasteiger charge is 2.27. The maximum Gasteiger partial charge on any atom is 0.415 e. The summed E-state index contributed by atoms with van der Waals surface area (Å²) in [5, 5.41) is 0.997. The molecule has 0 unspecified atom stereocenters. The Hall–Kier alpha value is -1.04. The predicted octanol–water partition coefficient (Wildman–Crippen LogP) is 1.08. The lowest BCUT2D eigenvalue weighted by molar-refractivity contribution is 0.0364. The molecule has 5 nitrogen and oxygen atoms in total. The van der Waals surface area contributed by atoms with E-state index >= 15 is 0 Å². The molecule has 0 aliphatic carbocycles. The first-order valence-electron chi connectivity index (χ1n) is 4.10. The van der Waals surface area contributed by atoms with Crippen LogP contribution in [0.15, 0.2) is 11.6 Å². The minimum Gasteiger partial charge on any atom is -0.443 e.